The minimum atomic E-state index is -5.21. The lowest BCUT2D eigenvalue weighted by Crippen LogP contribution is -2.12. The molecule has 0 bridgehead atoms. The fourth-order valence-electron chi connectivity index (χ4n) is 12.2. The van der Waals surface area contributed by atoms with Crippen molar-refractivity contribution < 1.29 is 79.0 Å². The Morgan fingerprint density at radius 2 is 0.576 bits per heavy atom. The fourth-order valence-corrected chi connectivity index (χ4v) is 12.2. The highest BCUT2D eigenvalue weighted by Gasteiger charge is 2.42. The molecule has 12 rings (SSSR count). The highest BCUT2D eigenvalue weighted by Crippen LogP contribution is 2.54. The molecule has 0 amide bonds. The van der Waals surface area contributed by atoms with E-state index in [1.165, 1.54) is 24.5 Å². The summed E-state index contributed by atoms with van der Waals surface area (Å²) in [5, 5.41) is 32.2. The van der Waals surface area contributed by atoms with E-state index in [1.54, 1.807) is 0 Å². The van der Waals surface area contributed by atoms with Crippen LogP contribution in [0.15, 0.2) is 110 Å². The van der Waals surface area contributed by atoms with E-state index in [1.807, 2.05) is 39.8 Å². The van der Waals surface area contributed by atoms with Gasteiger partial charge < -0.3 is 0 Å². The van der Waals surface area contributed by atoms with E-state index in [-0.39, 0.29) is 69.2 Å². The molecule has 0 spiro atoms. The first-order valence-electron chi connectivity index (χ1n) is 27.6. The smallest absolute Gasteiger partial charge is 0.220 e. The Labute approximate surface area is 507 Å². The summed E-state index contributed by atoms with van der Waals surface area (Å²) >= 11 is 0. The second-order valence-corrected chi connectivity index (χ2v) is 22.7. The Morgan fingerprint density at radius 1 is 0.326 bits per heavy atom. The second kappa shape index (κ2) is 21.5. The predicted octanol–water partition coefficient (Wildman–Crippen LogP) is 17.3. The quantitative estimate of drug-likeness (QED) is 0.138. The van der Waals surface area contributed by atoms with Gasteiger partial charge in [-0.3, -0.25) is 0 Å². The highest BCUT2D eigenvalue weighted by molar-refractivity contribution is 6.01. The van der Waals surface area contributed by atoms with Gasteiger partial charge in [0.1, 0.15) is 22.8 Å². The molecular weight excluding hydrogens is 1250 g/mol. The second-order valence-electron chi connectivity index (χ2n) is 22.7. The summed E-state index contributed by atoms with van der Waals surface area (Å²) < 4.78 is 256. The van der Waals surface area contributed by atoms with Crippen molar-refractivity contribution in [2.75, 3.05) is 0 Å². The number of hydrogen-bond donors (Lipinski definition) is 0. The first-order chi connectivity index (χ1) is 42.8. The third-order valence-corrected chi connectivity index (χ3v) is 16.5. The number of fused-ring (bicyclic) bond motifs is 2. The van der Waals surface area contributed by atoms with Crippen molar-refractivity contribution in [3.05, 3.63) is 188 Å². The lowest BCUT2D eigenvalue weighted by Gasteiger charge is -2.21. The van der Waals surface area contributed by atoms with Crippen LogP contribution in [-0.2, 0) is 49.9 Å². The van der Waals surface area contributed by atoms with Crippen molar-refractivity contribution in [1.82, 2.24) is 60.0 Å². The Morgan fingerprint density at radius 3 is 0.859 bits per heavy atom. The maximum Gasteiger partial charge on any atom is 0.416 e. The van der Waals surface area contributed by atoms with Crippen LogP contribution in [0.2, 0.25) is 0 Å². The van der Waals surface area contributed by atoms with E-state index in [4.69, 9.17) is 0 Å². The van der Waals surface area contributed by atoms with Gasteiger partial charge in [0.2, 0.25) is 0 Å². The van der Waals surface area contributed by atoms with Gasteiger partial charge in [-0.1, -0.05) is 34.7 Å². The van der Waals surface area contributed by atoms with E-state index in [0.717, 1.165) is 89.5 Å². The third kappa shape index (κ3) is 11.4. The van der Waals surface area contributed by atoms with E-state index < -0.39 is 81.8 Å². The maximum atomic E-state index is 14.6. The number of allylic oxidation sites excluding steroid dienone is 2. The van der Waals surface area contributed by atoms with E-state index >= 15 is 0 Å². The Kier molecular flexibility index (Phi) is 14.6. The van der Waals surface area contributed by atoms with Crippen LogP contribution in [0.4, 0.5) is 79.0 Å². The lowest BCUT2D eigenvalue weighted by molar-refractivity contribution is -0.144. The van der Waals surface area contributed by atoms with Crippen molar-refractivity contribution in [3.63, 3.8) is 0 Å². The Balaban J connectivity index is 0.891. The number of benzene rings is 6. The van der Waals surface area contributed by atoms with Crippen molar-refractivity contribution in [1.29, 1.82) is 0 Å². The molecule has 0 aliphatic heterocycles. The van der Waals surface area contributed by atoms with Gasteiger partial charge >= 0.3 is 37.1 Å². The molecule has 2 aliphatic carbocycles. The SMILES string of the molecule is Cc1cc(-c2cn(-c3cc(-c4cn(-c5cc(C(F)(F)F)cc(C(F)(F)F)c5)nn4)cc(C(F)(F)F)c3)nn2)c(C)c2c1C[C@@H](C)/C2=C1\c2c(C)c(-c3cn(-c4cc(-c5cn(-c6cc(C(F)(F)F)cc(C(F)(F)F)c6)nn5)cc(C(F)(F)F)c4)nn3)cc(C)c2C[C@H]1C. The lowest BCUT2D eigenvalue weighted by atomic mass is 9.83. The van der Waals surface area contributed by atoms with Crippen molar-refractivity contribution in [2.24, 2.45) is 11.8 Å². The minimum Gasteiger partial charge on any atom is -0.220 e. The number of aromatic nitrogens is 12. The van der Waals surface area contributed by atoms with Crippen LogP contribution in [0.25, 0.3) is 78.9 Å². The van der Waals surface area contributed by atoms with Crippen molar-refractivity contribution in [3.8, 4) is 67.8 Å². The monoisotopic (exact) mass is 1300 g/mol. The molecule has 0 fully saturated rings. The van der Waals surface area contributed by atoms with Gasteiger partial charge in [0.15, 0.2) is 0 Å². The van der Waals surface area contributed by atoms with Gasteiger partial charge in [-0.25, -0.2) is 18.7 Å². The van der Waals surface area contributed by atoms with Gasteiger partial charge in [0, 0.05) is 22.3 Å². The van der Waals surface area contributed by atoms with Crippen LogP contribution >= 0.6 is 0 Å². The molecule has 476 valence electrons. The summed E-state index contributed by atoms with van der Waals surface area (Å²) in [6, 6.07) is 10.5. The zero-order valence-corrected chi connectivity index (χ0v) is 48.1. The molecule has 12 nitrogen and oxygen atoms in total. The molecule has 2 aliphatic rings. The van der Waals surface area contributed by atoms with Crippen molar-refractivity contribution in [2.45, 2.75) is 91.4 Å². The summed E-state index contributed by atoms with van der Waals surface area (Å²) in [7, 11) is 0. The zero-order valence-electron chi connectivity index (χ0n) is 48.1. The van der Waals surface area contributed by atoms with Crippen molar-refractivity contribution >= 4 is 11.1 Å². The van der Waals surface area contributed by atoms with Gasteiger partial charge in [0.25, 0.3) is 0 Å². The fraction of sp³-hybridized carbons (Fsp3) is 0.258. The van der Waals surface area contributed by atoms with Gasteiger partial charge in [0.05, 0.1) is 80.9 Å². The normalized spacial score (nSPS) is 16.5. The van der Waals surface area contributed by atoms with Crippen LogP contribution in [0, 0.1) is 39.5 Å². The molecule has 10 aromatic rings. The molecule has 0 saturated carbocycles. The van der Waals surface area contributed by atoms with Gasteiger partial charge in [-0.05, 0) is 193 Å². The molecule has 30 heteroatoms. The van der Waals surface area contributed by atoms with E-state index in [2.05, 4.69) is 55.1 Å². The van der Waals surface area contributed by atoms with Crippen LogP contribution in [-0.4, -0.2) is 60.0 Å². The molecule has 0 unspecified atom stereocenters. The Hall–Kier alpha value is -9.64. The average molecular weight is 1300 g/mol. The van der Waals surface area contributed by atoms with Crippen LogP contribution in [0.1, 0.15) is 91.7 Å². The van der Waals surface area contributed by atoms with E-state index in [9.17, 15) is 79.0 Å². The third-order valence-electron chi connectivity index (χ3n) is 16.5. The average Bonchev–Trinajstić information content (AvgIpc) is 1.56. The minimum absolute atomic E-state index is 0.0677. The number of aryl methyl sites for hydroxylation is 2. The molecule has 4 heterocycles. The number of nitrogens with zero attached hydrogens (tertiary/aromatic N) is 12. The molecule has 4 aromatic heterocycles. The number of alkyl halides is 18. The topological polar surface area (TPSA) is 123 Å². The molecular formula is C62H42F18N12. The van der Waals surface area contributed by atoms with Gasteiger partial charge in [-0.2, -0.15) is 79.0 Å². The largest absolute Gasteiger partial charge is 0.416 e. The predicted molar refractivity (Wildman–Crippen MR) is 296 cm³/mol. The summed E-state index contributed by atoms with van der Waals surface area (Å²) in [4.78, 5) is 0. The highest BCUT2D eigenvalue weighted by atomic mass is 19.4. The molecule has 92 heavy (non-hydrogen) atoms. The first kappa shape index (κ1) is 62.5. The first-order valence-corrected chi connectivity index (χ1v) is 27.6. The number of hydrogen-bond acceptors (Lipinski definition) is 8. The van der Waals surface area contributed by atoms with Crippen LogP contribution in [0.5, 0.6) is 0 Å². The summed E-state index contributed by atoms with van der Waals surface area (Å²) in [6.45, 7) is 11.8. The molecule has 6 aromatic carbocycles. The molecule has 0 radical (unpaired) electrons. The summed E-state index contributed by atoms with van der Waals surface area (Å²) in [5.41, 5.74) is -1.22. The Bertz CT molecular complexity index is 4300. The van der Waals surface area contributed by atoms with Crippen LogP contribution < -0.4 is 0 Å². The summed E-state index contributed by atoms with van der Waals surface area (Å²) in [6.07, 6.45) is -25.0. The maximum absolute atomic E-state index is 14.6. The standard InChI is InChI=1S/C62H42F18N12/c1-27-7-47(51-25-91(87-83-51)41-13-33(11-35(17-41)57(63,64)65)49-23-89(85-81-49)43-19-37(59(69,70)71)15-38(20-43)60(72,73)74)31(5)55-45(27)9-29(3)53(55)54-30(4)10-46-28(2)8-48(32(6)56(46)54)52-26-92(88-84-52)42-14-34(12-36(18-42)58(66,67)68)50-24-90(86-82-50)44-21-39(61(75,76)77)16-40(22-44)62(78,79)80/h7-8,11-26,29-30H,9-10H2,1-6H3/b54-53+/t29-,30-/m1/s1. The van der Waals surface area contributed by atoms with E-state index in [0.29, 0.717) is 69.7 Å². The molecule has 2 atom stereocenters. The number of rotatable bonds is 8. The summed E-state index contributed by atoms with van der Waals surface area (Å²) in [5.74, 6) is -0.135. The van der Waals surface area contributed by atoms with Gasteiger partial charge in [-0.15, -0.1) is 20.4 Å². The molecule has 0 N–H and O–H groups in total. The number of halogens is 18. The zero-order chi connectivity index (χ0) is 66.4. The molecule has 0 saturated heterocycles. The van der Waals surface area contributed by atoms with Crippen LogP contribution in [0.3, 0.4) is 0 Å².